The smallest absolute Gasteiger partial charge is 0.408 e. The van der Waals surface area contributed by atoms with Gasteiger partial charge in [0.1, 0.15) is 12.4 Å². The van der Waals surface area contributed by atoms with Crippen molar-refractivity contribution in [2.24, 2.45) is 0 Å². The third-order valence-electron chi connectivity index (χ3n) is 3.23. The first-order chi connectivity index (χ1) is 11.5. The number of hydrogen-bond donors (Lipinski definition) is 2. The van der Waals surface area contributed by atoms with E-state index in [0.717, 1.165) is 10.0 Å². The lowest BCUT2D eigenvalue weighted by Gasteiger charge is -2.17. The van der Waals surface area contributed by atoms with Crippen molar-refractivity contribution in [3.8, 4) is 5.75 Å². The third kappa shape index (κ3) is 4.73. The number of amides is 1. The Labute approximate surface area is 147 Å². The van der Waals surface area contributed by atoms with Crippen LogP contribution >= 0.6 is 15.9 Å². The summed E-state index contributed by atoms with van der Waals surface area (Å²) in [6.45, 7) is 0.0521. The first-order valence-corrected chi connectivity index (χ1v) is 7.84. The molecule has 2 N–H and O–H groups in total. The molecule has 126 valence electrons. The van der Waals surface area contributed by atoms with Gasteiger partial charge in [-0.1, -0.05) is 52.3 Å². The maximum Gasteiger partial charge on any atom is 0.408 e. The number of nitrogens with one attached hydrogen (secondary N) is 1. The summed E-state index contributed by atoms with van der Waals surface area (Å²) in [6.07, 6.45) is -0.823. The Kier molecular flexibility index (Phi) is 6.20. The molecule has 2 aromatic rings. The van der Waals surface area contributed by atoms with Gasteiger partial charge in [0.15, 0.2) is 6.04 Å². The van der Waals surface area contributed by atoms with E-state index in [1.54, 1.807) is 30.3 Å². The highest BCUT2D eigenvalue weighted by atomic mass is 79.9. The summed E-state index contributed by atoms with van der Waals surface area (Å²) in [4.78, 5) is 23.4. The number of halogens is 1. The molecule has 0 aliphatic carbocycles. The summed E-state index contributed by atoms with van der Waals surface area (Å²) in [5.74, 6) is -0.868. The van der Waals surface area contributed by atoms with E-state index in [9.17, 15) is 14.7 Å². The largest absolute Gasteiger partial charge is 0.496 e. The highest BCUT2D eigenvalue weighted by Gasteiger charge is 2.26. The van der Waals surface area contributed by atoms with Gasteiger partial charge in [-0.05, 0) is 17.7 Å². The molecule has 0 aliphatic heterocycles. The van der Waals surface area contributed by atoms with Crippen molar-refractivity contribution in [2.75, 3.05) is 7.11 Å². The Morgan fingerprint density at radius 3 is 2.54 bits per heavy atom. The molecule has 0 fully saturated rings. The average molecular weight is 394 g/mol. The Balaban J connectivity index is 2.08. The van der Waals surface area contributed by atoms with Crippen LogP contribution < -0.4 is 10.1 Å². The molecule has 0 saturated heterocycles. The van der Waals surface area contributed by atoms with Crippen LogP contribution in [0.3, 0.4) is 0 Å². The van der Waals surface area contributed by atoms with E-state index in [0.29, 0.717) is 11.3 Å². The van der Waals surface area contributed by atoms with Gasteiger partial charge in [-0.3, -0.25) is 0 Å². The fourth-order valence-corrected chi connectivity index (χ4v) is 2.42. The lowest BCUT2D eigenvalue weighted by Crippen LogP contribution is -2.34. The highest BCUT2D eigenvalue weighted by molar-refractivity contribution is 9.10. The first-order valence-electron chi connectivity index (χ1n) is 7.04. The summed E-state index contributed by atoms with van der Waals surface area (Å²) in [5.41, 5.74) is 1.13. The molecular formula is C17H16BrNO5. The monoisotopic (exact) mass is 393 g/mol. The fourth-order valence-electron chi connectivity index (χ4n) is 2.08. The van der Waals surface area contributed by atoms with Gasteiger partial charge in [0, 0.05) is 10.0 Å². The van der Waals surface area contributed by atoms with Crippen molar-refractivity contribution in [1.29, 1.82) is 0 Å². The molecule has 0 heterocycles. The normalized spacial score (nSPS) is 11.4. The van der Waals surface area contributed by atoms with Crippen molar-refractivity contribution >= 4 is 28.0 Å². The van der Waals surface area contributed by atoms with Gasteiger partial charge in [-0.15, -0.1) is 0 Å². The van der Waals surface area contributed by atoms with Crippen LogP contribution in [0.25, 0.3) is 0 Å². The number of alkyl carbamates (subject to hydrolysis) is 1. The SMILES string of the molecule is COc1cc(Br)ccc1C(NC(=O)OCc1ccccc1)C(=O)O. The van der Waals surface area contributed by atoms with Gasteiger partial charge in [0.05, 0.1) is 7.11 Å². The van der Waals surface area contributed by atoms with Crippen LogP contribution in [0.5, 0.6) is 5.75 Å². The van der Waals surface area contributed by atoms with Crippen molar-refractivity contribution < 1.29 is 24.2 Å². The molecule has 2 aromatic carbocycles. The Hall–Kier alpha value is -2.54. The minimum Gasteiger partial charge on any atom is -0.496 e. The van der Waals surface area contributed by atoms with Gasteiger partial charge in [0.2, 0.25) is 0 Å². The van der Waals surface area contributed by atoms with E-state index >= 15 is 0 Å². The Morgan fingerprint density at radius 2 is 1.92 bits per heavy atom. The molecule has 24 heavy (non-hydrogen) atoms. The van der Waals surface area contributed by atoms with E-state index in [1.165, 1.54) is 7.11 Å². The molecule has 1 unspecified atom stereocenters. The van der Waals surface area contributed by atoms with Crippen LogP contribution in [0, 0.1) is 0 Å². The maximum atomic E-state index is 11.9. The number of benzene rings is 2. The van der Waals surface area contributed by atoms with Crippen molar-refractivity contribution in [3.05, 3.63) is 64.1 Å². The number of hydrogen-bond acceptors (Lipinski definition) is 4. The number of aliphatic carboxylic acids is 1. The molecule has 7 heteroatoms. The number of carboxylic acid groups (broad SMARTS) is 1. The molecule has 1 atom stereocenters. The van der Waals surface area contributed by atoms with Crippen LogP contribution in [0.15, 0.2) is 53.0 Å². The van der Waals surface area contributed by atoms with Crippen molar-refractivity contribution in [1.82, 2.24) is 5.32 Å². The summed E-state index contributed by atoms with van der Waals surface area (Å²) in [7, 11) is 1.43. The number of carboxylic acids is 1. The number of methoxy groups -OCH3 is 1. The topological polar surface area (TPSA) is 84.9 Å². The second kappa shape index (κ2) is 8.35. The summed E-state index contributed by atoms with van der Waals surface area (Å²) < 4.78 is 11.0. The average Bonchev–Trinajstić information content (AvgIpc) is 2.58. The predicted octanol–water partition coefficient (Wildman–Crippen LogP) is 3.51. The lowest BCUT2D eigenvalue weighted by molar-refractivity contribution is -0.139. The van der Waals surface area contributed by atoms with Crippen LogP contribution in [0.4, 0.5) is 4.79 Å². The predicted molar refractivity (Wildman–Crippen MR) is 90.8 cm³/mol. The van der Waals surface area contributed by atoms with Gasteiger partial charge in [-0.25, -0.2) is 9.59 Å². The minimum atomic E-state index is -1.28. The van der Waals surface area contributed by atoms with Gasteiger partial charge >= 0.3 is 12.1 Å². The summed E-state index contributed by atoms with van der Waals surface area (Å²) >= 11 is 3.29. The molecule has 2 rings (SSSR count). The summed E-state index contributed by atoms with van der Waals surface area (Å²) in [5, 5.41) is 11.8. The van der Waals surface area contributed by atoms with Gasteiger partial charge < -0.3 is 19.9 Å². The zero-order valence-corrected chi connectivity index (χ0v) is 14.4. The molecule has 0 aliphatic rings. The quantitative estimate of drug-likeness (QED) is 0.784. The van der Waals surface area contributed by atoms with Crippen LogP contribution in [0.2, 0.25) is 0 Å². The van der Waals surface area contributed by atoms with E-state index in [2.05, 4.69) is 21.2 Å². The molecule has 0 radical (unpaired) electrons. The molecule has 6 nitrogen and oxygen atoms in total. The fraction of sp³-hybridized carbons (Fsp3) is 0.176. The third-order valence-corrected chi connectivity index (χ3v) is 3.72. The Bertz CT molecular complexity index is 720. The number of rotatable bonds is 6. The van der Waals surface area contributed by atoms with E-state index in [1.807, 2.05) is 18.2 Å². The second-order valence-electron chi connectivity index (χ2n) is 4.86. The number of carbonyl (C=O) groups is 2. The summed E-state index contributed by atoms with van der Waals surface area (Å²) in [6, 6.07) is 12.7. The maximum absolute atomic E-state index is 11.9. The van der Waals surface area contributed by atoms with Crippen molar-refractivity contribution in [2.45, 2.75) is 12.6 Å². The van der Waals surface area contributed by atoms with Gasteiger partial charge in [-0.2, -0.15) is 0 Å². The molecule has 1 amide bonds. The van der Waals surface area contributed by atoms with Crippen LogP contribution in [-0.2, 0) is 16.1 Å². The highest BCUT2D eigenvalue weighted by Crippen LogP contribution is 2.29. The molecular weight excluding hydrogens is 378 g/mol. The zero-order chi connectivity index (χ0) is 17.5. The number of ether oxygens (including phenoxy) is 2. The Morgan fingerprint density at radius 1 is 1.21 bits per heavy atom. The van der Waals surface area contributed by atoms with Crippen LogP contribution in [-0.4, -0.2) is 24.3 Å². The zero-order valence-electron chi connectivity index (χ0n) is 12.9. The standard InChI is InChI=1S/C17H16BrNO5/c1-23-14-9-12(18)7-8-13(14)15(16(20)21)19-17(22)24-10-11-5-3-2-4-6-11/h2-9,15H,10H2,1H3,(H,19,22)(H,20,21). The van der Waals surface area contributed by atoms with Crippen LogP contribution in [0.1, 0.15) is 17.2 Å². The number of carbonyl (C=O) groups excluding carboxylic acids is 1. The van der Waals surface area contributed by atoms with E-state index in [-0.39, 0.29) is 6.61 Å². The van der Waals surface area contributed by atoms with E-state index in [4.69, 9.17) is 9.47 Å². The molecule has 0 bridgehead atoms. The molecule has 0 aromatic heterocycles. The van der Waals surface area contributed by atoms with Gasteiger partial charge in [0.25, 0.3) is 0 Å². The molecule has 0 saturated carbocycles. The minimum absolute atomic E-state index is 0.0521. The van der Waals surface area contributed by atoms with E-state index < -0.39 is 18.1 Å². The molecule has 0 spiro atoms. The van der Waals surface area contributed by atoms with Crippen molar-refractivity contribution in [3.63, 3.8) is 0 Å². The second-order valence-corrected chi connectivity index (χ2v) is 5.78. The first kappa shape index (κ1) is 17.8. The lowest BCUT2D eigenvalue weighted by atomic mass is 10.1.